The number of hydrogen-bond donors (Lipinski definition) is 3. The Hall–Kier alpha value is -3.97. The molecule has 2 aliphatic carbocycles. The third-order valence-corrected chi connectivity index (χ3v) is 14.8. The van der Waals surface area contributed by atoms with Crippen molar-refractivity contribution in [1.29, 1.82) is 0 Å². The van der Waals surface area contributed by atoms with E-state index in [2.05, 4.69) is 220 Å². The molecular formula is C62H96N6. The molecule has 3 N–H and O–H groups in total. The molecule has 6 heteroatoms. The van der Waals surface area contributed by atoms with Crippen LogP contribution in [0.2, 0.25) is 0 Å². The molecule has 3 aromatic carbocycles. The first-order valence-corrected chi connectivity index (χ1v) is 26.6. The Morgan fingerprint density at radius 1 is 0.691 bits per heavy atom. The zero-order chi connectivity index (χ0) is 49.9. The fraction of sp³-hybridized carbons (Fsp3) is 0.597. The molecule has 6 nitrogen and oxygen atoms in total. The number of aromatic nitrogens is 3. The number of aromatic amines is 2. The Morgan fingerprint density at radius 2 is 1.40 bits per heavy atom. The molecule has 0 amide bonds. The smallest absolute Gasteiger partial charge is 0.0490 e. The van der Waals surface area contributed by atoms with E-state index in [1.54, 1.807) is 6.20 Å². The summed E-state index contributed by atoms with van der Waals surface area (Å²) in [5, 5.41) is 11.6. The van der Waals surface area contributed by atoms with E-state index in [4.69, 9.17) is 0 Å². The highest BCUT2D eigenvalue weighted by Crippen LogP contribution is 2.38. The average Bonchev–Trinajstić information content (AvgIpc) is 4.15. The molecule has 0 spiro atoms. The molecule has 1 atom stereocenters. The highest BCUT2D eigenvalue weighted by molar-refractivity contribution is 5.83. The van der Waals surface area contributed by atoms with Crippen LogP contribution in [0.1, 0.15) is 200 Å². The van der Waals surface area contributed by atoms with Gasteiger partial charge in [0.25, 0.3) is 0 Å². The van der Waals surface area contributed by atoms with Crippen molar-refractivity contribution in [3.63, 3.8) is 0 Å². The molecule has 2 aromatic heterocycles. The standard InChI is InChI=1S/C13H19N.C12H14.C11H21N.C11H13N.C8H17N.C7H12N2/c1-13(2,3)14-9-8-11-6-4-5-7-12(11)10-14;1-9(2)11-7-6-10-4-3-5-12(10)8-11;1-11(2,3)12-8-9-4-6-10(12)7-5-9;1-8(2)9-4-3-5-11-10(9)6-7-12-11;1-8(2,3)7-5-4-6-9-7;1-7(2,3)6-4-5-8-9-6/h4-7H,8-10H2,1-3H3;3,5-9H,4H2,1-2H3;9-10H,4-8H2,1-3H3;3-8,12H,1-2H3;7,9H,4-6H2,1-3H3;4-5H,1-3H3,(H,8,9). The summed E-state index contributed by atoms with van der Waals surface area (Å²) in [6.07, 6.45) is 19.2. The summed E-state index contributed by atoms with van der Waals surface area (Å²) in [5.74, 6) is 2.27. The van der Waals surface area contributed by atoms with Crippen molar-refractivity contribution in [2.24, 2.45) is 11.3 Å². The molecule has 6 aliphatic rings. The number of hydrogen-bond acceptors (Lipinski definition) is 4. The van der Waals surface area contributed by atoms with Gasteiger partial charge < -0.3 is 10.3 Å². The summed E-state index contributed by atoms with van der Waals surface area (Å²) < 4.78 is 0. The molecule has 374 valence electrons. The lowest BCUT2D eigenvalue weighted by Crippen LogP contribution is -2.56. The topological polar surface area (TPSA) is 63.0 Å². The van der Waals surface area contributed by atoms with E-state index in [1.807, 2.05) is 12.3 Å². The highest BCUT2D eigenvalue weighted by Gasteiger charge is 2.38. The molecule has 3 saturated heterocycles. The summed E-state index contributed by atoms with van der Waals surface area (Å²) in [4.78, 5) is 8.49. The van der Waals surface area contributed by atoms with Crippen molar-refractivity contribution in [2.45, 2.75) is 209 Å². The van der Waals surface area contributed by atoms with Gasteiger partial charge in [0.2, 0.25) is 0 Å². The first kappa shape index (κ1) is 55.0. The number of benzene rings is 3. The Bertz CT molecular complexity index is 2250. The van der Waals surface area contributed by atoms with Gasteiger partial charge in [0.15, 0.2) is 0 Å². The normalized spacial score (nSPS) is 20.1. The maximum absolute atomic E-state index is 3.86. The number of rotatable bonds is 2. The van der Waals surface area contributed by atoms with Crippen LogP contribution in [0.15, 0.2) is 91.3 Å². The van der Waals surface area contributed by atoms with Crippen LogP contribution in [0.5, 0.6) is 0 Å². The first-order chi connectivity index (χ1) is 31.9. The van der Waals surface area contributed by atoms with E-state index in [1.165, 1.54) is 115 Å². The van der Waals surface area contributed by atoms with Crippen LogP contribution in [-0.4, -0.2) is 67.8 Å². The Labute approximate surface area is 416 Å². The Balaban J connectivity index is 0.000000154. The molecule has 4 fully saturated rings. The van der Waals surface area contributed by atoms with Crippen LogP contribution in [0, 0.1) is 11.3 Å². The molecule has 1 saturated carbocycles. The fourth-order valence-electron chi connectivity index (χ4n) is 10.3. The van der Waals surface area contributed by atoms with Crippen molar-refractivity contribution in [3.05, 3.63) is 130 Å². The molecule has 11 rings (SSSR count). The van der Waals surface area contributed by atoms with Crippen LogP contribution in [0.4, 0.5) is 0 Å². The SMILES string of the molecule is CC(C)(C)C1CCCN1.CC(C)(C)N1CC2CCC1CC2.CC(C)(C)N1CCc2ccccc2C1.CC(C)(C)c1ccn[nH]1.CC(C)c1ccc2c(c1)C=CC2.CC(C)c1cccc2[nH]ccc12. The monoisotopic (exact) mass is 925 g/mol. The van der Waals surface area contributed by atoms with Crippen molar-refractivity contribution in [1.82, 2.24) is 30.3 Å². The van der Waals surface area contributed by atoms with Crippen molar-refractivity contribution < 1.29 is 0 Å². The largest absolute Gasteiger partial charge is 0.361 e. The quantitative estimate of drug-likeness (QED) is 0.165. The van der Waals surface area contributed by atoms with Gasteiger partial charge >= 0.3 is 0 Å². The second-order valence-electron chi connectivity index (χ2n) is 25.0. The Kier molecular flexibility index (Phi) is 19.6. The van der Waals surface area contributed by atoms with Crippen molar-refractivity contribution >= 4 is 17.0 Å². The second kappa shape index (κ2) is 24.2. The third-order valence-electron chi connectivity index (χ3n) is 14.8. The van der Waals surface area contributed by atoms with Crippen LogP contribution in [0.3, 0.4) is 0 Å². The zero-order valence-corrected chi connectivity index (χ0v) is 46.0. The van der Waals surface area contributed by atoms with Crippen LogP contribution in [0.25, 0.3) is 17.0 Å². The lowest BCUT2D eigenvalue weighted by atomic mass is 9.78. The van der Waals surface area contributed by atoms with Gasteiger partial charge in [-0.1, -0.05) is 136 Å². The minimum absolute atomic E-state index is 0.205. The minimum Gasteiger partial charge on any atom is -0.361 e. The number of allylic oxidation sites excluding steroid dienone is 1. The van der Waals surface area contributed by atoms with E-state index < -0.39 is 0 Å². The molecule has 68 heavy (non-hydrogen) atoms. The maximum atomic E-state index is 3.86. The summed E-state index contributed by atoms with van der Waals surface area (Å²) in [6.45, 7) is 41.1. The van der Waals surface area contributed by atoms with Gasteiger partial charge in [-0.15, -0.1) is 0 Å². The van der Waals surface area contributed by atoms with E-state index in [0.29, 0.717) is 28.3 Å². The molecule has 4 aliphatic heterocycles. The van der Waals surface area contributed by atoms with Gasteiger partial charge in [0, 0.05) is 77.2 Å². The second-order valence-corrected chi connectivity index (χ2v) is 25.0. The van der Waals surface area contributed by atoms with Gasteiger partial charge in [0.1, 0.15) is 0 Å². The number of piperidine rings is 2. The number of H-pyrrole nitrogens is 2. The summed E-state index contributed by atoms with van der Waals surface area (Å²) in [6, 6.07) is 27.8. The predicted octanol–water partition coefficient (Wildman–Crippen LogP) is 15.7. The summed E-state index contributed by atoms with van der Waals surface area (Å²) >= 11 is 0. The van der Waals surface area contributed by atoms with E-state index in [9.17, 15) is 0 Å². The third kappa shape index (κ3) is 16.3. The number of nitrogens with zero attached hydrogens (tertiary/aromatic N) is 3. The zero-order valence-electron chi connectivity index (χ0n) is 46.0. The molecular weight excluding hydrogens is 829 g/mol. The number of fused-ring (bicyclic) bond motifs is 6. The van der Waals surface area contributed by atoms with Crippen LogP contribution < -0.4 is 5.32 Å². The molecule has 1 unspecified atom stereocenters. The van der Waals surface area contributed by atoms with Gasteiger partial charge in [-0.25, -0.2) is 0 Å². The average molecular weight is 925 g/mol. The lowest BCUT2D eigenvalue weighted by Gasteiger charge is -2.51. The minimum atomic E-state index is 0.205. The van der Waals surface area contributed by atoms with Gasteiger partial charge in [-0.05, 0) is 174 Å². The van der Waals surface area contributed by atoms with Gasteiger partial charge in [0.05, 0.1) is 0 Å². The van der Waals surface area contributed by atoms with Crippen molar-refractivity contribution in [3.8, 4) is 0 Å². The molecule has 2 bridgehead atoms. The lowest BCUT2D eigenvalue weighted by molar-refractivity contribution is -0.0163. The van der Waals surface area contributed by atoms with E-state index >= 15 is 0 Å². The molecule has 5 aromatic rings. The number of nitrogens with one attached hydrogen (secondary N) is 3. The fourth-order valence-corrected chi connectivity index (χ4v) is 10.3. The van der Waals surface area contributed by atoms with Crippen LogP contribution >= 0.6 is 0 Å². The maximum Gasteiger partial charge on any atom is 0.0490 e. The van der Waals surface area contributed by atoms with Gasteiger partial charge in [-0.3, -0.25) is 14.9 Å². The van der Waals surface area contributed by atoms with Gasteiger partial charge in [-0.2, -0.15) is 5.10 Å². The van der Waals surface area contributed by atoms with E-state index in [0.717, 1.165) is 31.0 Å². The Morgan fingerprint density at radius 3 is 1.90 bits per heavy atom. The van der Waals surface area contributed by atoms with Crippen LogP contribution in [-0.2, 0) is 24.8 Å². The molecule has 6 heterocycles. The summed E-state index contributed by atoms with van der Waals surface area (Å²) in [5.41, 5.74) is 12.6. The summed E-state index contributed by atoms with van der Waals surface area (Å²) in [7, 11) is 0. The predicted molar refractivity (Wildman–Crippen MR) is 296 cm³/mol. The first-order valence-electron chi connectivity index (χ1n) is 26.6. The van der Waals surface area contributed by atoms with E-state index in [-0.39, 0.29) is 5.41 Å². The molecule has 0 radical (unpaired) electrons. The highest BCUT2D eigenvalue weighted by atomic mass is 15.2. The van der Waals surface area contributed by atoms with Crippen molar-refractivity contribution in [2.75, 3.05) is 19.6 Å².